The van der Waals surface area contributed by atoms with Gasteiger partial charge in [0.1, 0.15) is 5.82 Å². The van der Waals surface area contributed by atoms with Crippen molar-refractivity contribution in [1.82, 2.24) is 13.9 Å². The molecule has 8 heteroatoms. The molecule has 1 unspecified atom stereocenters. The van der Waals surface area contributed by atoms with Gasteiger partial charge in [-0.25, -0.2) is 13.4 Å². The second-order valence-corrected chi connectivity index (χ2v) is 12.6. The summed E-state index contributed by atoms with van der Waals surface area (Å²) in [6.07, 6.45) is 0. The van der Waals surface area contributed by atoms with Crippen LogP contribution in [0.25, 0.3) is 27.4 Å². The largest absolute Gasteiger partial charge is 0.268 e. The fourth-order valence-corrected chi connectivity index (χ4v) is 6.74. The molecule has 5 rings (SSSR count). The molecule has 0 saturated heterocycles. The summed E-state index contributed by atoms with van der Waals surface area (Å²) in [7, 11) is -3.94. The molecule has 0 spiro atoms. The highest BCUT2D eigenvalue weighted by Crippen LogP contribution is 2.31. The summed E-state index contributed by atoms with van der Waals surface area (Å²) in [5.41, 5.74) is 0.901. The third kappa shape index (κ3) is 4.91. The summed E-state index contributed by atoms with van der Waals surface area (Å²) in [5.74, 6) is 0.405. The van der Waals surface area contributed by atoms with Crippen LogP contribution in [0, 0.1) is 5.92 Å². The minimum absolute atomic E-state index is 0.0426. The molecule has 38 heavy (non-hydrogen) atoms. The minimum atomic E-state index is -3.94. The van der Waals surface area contributed by atoms with Crippen LogP contribution in [0.2, 0.25) is 0 Å². The molecule has 4 aromatic carbocycles. The quantitative estimate of drug-likeness (QED) is 0.211. The summed E-state index contributed by atoms with van der Waals surface area (Å²) < 4.78 is 32.2. The highest BCUT2D eigenvalue weighted by atomic mass is 79.9. The van der Waals surface area contributed by atoms with Gasteiger partial charge in [0.15, 0.2) is 0 Å². The van der Waals surface area contributed by atoms with Crippen LogP contribution in [0.15, 0.2) is 105 Å². The zero-order valence-electron chi connectivity index (χ0n) is 21.4. The molecule has 0 radical (unpaired) electrons. The molecule has 1 aromatic heterocycles. The first-order valence-electron chi connectivity index (χ1n) is 12.4. The van der Waals surface area contributed by atoms with Crippen LogP contribution < -0.4 is 5.56 Å². The standard InChI is InChI=1S/C30H28BrN3O3S/c1-20(2)19-33(38(36,37)26-17-12-22-8-4-5-9-23(22)18-26)21(3)29-32-28-11-7-6-10-27(28)30(35)34(29)25-15-13-24(31)14-16-25/h4-18,20-21H,19H2,1-3H3. The van der Waals surface area contributed by atoms with Crippen LogP contribution in [-0.2, 0) is 10.0 Å². The third-order valence-corrected chi connectivity index (χ3v) is 9.03. The lowest BCUT2D eigenvalue weighted by atomic mass is 10.1. The Kier molecular flexibility index (Phi) is 7.22. The Balaban J connectivity index is 1.72. The molecule has 6 nitrogen and oxygen atoms in total. The zero-order valence-corrected chi connectivity index (χ0v) is 23.8. The maximum Gasteiger partial charge on any atom is 0.266 e. The highest BCUT2D eigenvalue weighted by Gasteiger charge is 2.33. The molecule has 0 amide bonds. The van der Waals surface area contributed by atoms with E-state index in [2.05, 4.69) is 15.9 Å². The van der Waals surface area contributed by atoms with Gasteiger partial charge in [-0.05, 0) is 72.1 Å². The van der Waals surface area contributed by atoms with Crippen molar-refractivity contribution < 1.29 is 8.42 Å². The predicted molar refractivity (Wildman–Crippen MR) is 156 cm³/mol. The van der Waals surface area contributed by atoms with Gasteiger partial charge in [0.25, 0.3) is 5.56 Å². The topological polar surface area (TPSA) is 72.3 Å². The van der Waals surface area contributed by atoms with Crippen molar-refractivity contribution in [3.63, 3.8) is 0 Å². The molecule has 0 fully saturated rings. The molecule has 0 saturated carbocycles. The number of halogens is 1. The molecular weight excluding hydrogens is 562 g/mol. The number of sulfonamides is 1. The summed E-state index contributed by atoms with van der Waals surface area (Å²) in [4.78, 5) is 18.9. The van der Waals surface area contributed by atoms with Crippen molar-refractivity contribution in [2.75, 3.05) is 6.54 Å². The Morgan fingerprint density at radius 2 is 1.53 bits per heavy atom. The van der Waals surface area contributed by atoms with E-state index >= 15 is 0 Å². The summed E-state index contributed by atoms with van der Waals surface area (Å²) in [6.45, 7) is 6.02. The van der Waals surface area contributed by atoms with Gasteiger partial charge >= 0.3 is 0 Å². The fourth-order valence-electron chi connectivity index (χ4n) is 4.69. The molecule has 0 N–H and O–H groups in total. The first kappa shape index (κ1) is 26.3. The lowest BCUT2D eigenvalue weighted by Crippen LogP contribution is -2.39. The number of rotatable bonds is 7. The van der Waals surface area contributed by atoms with E-state index in [1.165, 1.54) is 8.87 Å². The first-order valence-corrected chi connectivity index (χ1v) is 14.7. The smallest absolute Gasteiger partial charge is 0.266 e. The van der Waals surface area contributed by atoms with Crippen LogP contribution in [0.5, 0.6) is 0 Å². The number of hydrogen-bond acceptors (Lipinski definition) is 4. The molecule has 5 aromatic rings. The van der Waals surface area contributed by atoms with Crippen molar-refractivity contribution in [2.24, 2.45) is 5.92 Å². The van der Waals surface area contributed by atoms with Crippen molar-refractivity contribution in [3.05, 3.63) is 112 Å². The van der Waals surface area contributed by atoms with Gasteiger partial charge in [0.2, 0.25) is 10.0 Å². The summed E-state index contributed by atoms with van der Waals surface area (Å²) in [5, 5.41) is 2.29. The lowest BCUT2D eigenvalue weighted by molar-refractivity contribution is 0.296. The van der Waals surface area contributed by atoms with E-state index < -0.39 is 16.1 Å². The highest BCUT2D eigenvalue weighted by molar-refractivity contribution is 9.10. The van der Waals surface area contributed by atoms with Crippen LogP contribution in [0.4, 0.5) is 0 Å². The van der Waals surface area contributed by atoms with Crippen molar-refractivity contribution in [3.8, 4) is 5.69 Å². The van der Waals surface area contributed by atoms with Crippen molar-refractivity contribution >= 4 is 47.6 Å². The monoisotopic (exact) mass is 589 g/mol. The zero-order chi connectivity index (χ0) is 27.0. The van der Waals surface area contributed by atoms with Gasteiger partial charge < -0.3 is 0 Å². The number of para-hydroxylation sites is 1. The Labute approximate surface area is 230 Å². The Hall–Kier alpha value is -3.33. The Morgan fingerprint density at radius 3 is 2.24 bits per heavy atom. The molecule has 0 aliphatic rings. The van der Waals surface area contributed by atoms with E-state index in [4.69, 9.17) is 4.98 Å². The first-order chi connectivity index (χ1) is 18.2. The van der Waals surface area contributed by atoms with Crippen molar-refractivity contribution in [1.29, 1.82) is 0 Å². The maximum absolute atomic E-state index is 14.2. The lowest BCUT2D eigenvalue weighted by Gasteiger charge is -2.31. The third-order valence-electron chi connectivity index (χ3n) is 6.56. The molecule has 1 heterocycles. The van der Waals surface area contributed by atoms with E-state index in [-0.39, 0.29) is 22.9 Å². The van der Waals surface area contributed by atoms with Crippen LogP contribution in [-0.4, -0.2) is 28.8 Å². The Morgan fingerprint density at radius 1 is 0.868 bits per heavy atom. The van der Waals surface area contributed by atoms with E-state index in [1.807, 2.05) is 74.5 Å². The van der Waals surface area contributed by atoms with Gasteiger partial charge in [-0.3, -0.25) is 9.36 Å². The molecular formula is C30H28BrN3O3S. The molecule has 1 atom stereocenters. The molecule has 0 aliphatic heterocycles. The summed E-state index contributed by atoms with van der Waals surface area (Å²) in [6, 6.07) is 26.6. The van der Waals surface area contributed by atoms with E-state index in [9.17, 15) is 13.2 Å². The van der Waals surface area contributed by atoms with Gasteiger partial charge in [0.05, 0.1) is 27.5 Å². The average Bonchev–Trinajstić information content (AvgIpc) is 2.91. The number of benzene rings is 4. The molecule has 0 aliphatic carbocycles. The van der Waals surface area contributed by atoms with Gasteiger partial charge in [0, 0.05) is 11.0 Å². The van der Waals surface area contributed by atoms with Gasteiger partial charge in [-0.2, -0.15) is 4.31 Å². The van der Waals surface area contributed by atoms with Gasteiger partial charge in [-0.15, -0.1) is 0 Å². The Bertz CT molecular complexity index is 1800. The van der Waals surface area contributed by atoms with E-state index in [0.29, 0.717) is 22.4 Å². The van der Waals surface area contributed by atoms with Gasteiger partial charge in [-0.1, -0.05) is 72.2 Å². The van der Waals surface area contributed by atoms with E-state index in [0.717, 1.165) is 15.2 Å². The normalized spacial score (nSPS) is 13.0. The second-order valence-electron chi connectivity index (χ2n) is 9.76. The van der Waals surface area contributed by atoms with Crippen LogP contribution in [0.1, 0.15) is 32.6 Å². The van der Waals surface area contributed by atoms with Crippen LogP contribution in [0.3, 0.4) is 0 Å². The average molecular weight is 591 g/mol. The number of fused-ring (bicyclic) bond motifs is 2. The molecule has 194 valence electrons. The van der Waals surface area contributed by atoms with Crippen LogP contribution >= 0.6 is 15.9 Å². The fraction of sp³-hybridized carbons (Fsp3) is 0.200. The molecule has 0 bridgehead atoms. The maximum atomic E-state index is 14.2. The SMILES string of the molecule is CC(C)CN(C(C)c1nc2ccccc2c(=O)n1-c1ccc(Br)cc1)S(=O)(=O)c1ccc2ccccc2c1. The number of hydrogen-bond donors (Lipinski definition) is 0. The predicted octanol–water partition coefficient (Wildman–Crippen LogP) is 6.71. The number of nitrogens with zero attached hydrogens (tertiary/aromatic N) is 3. The minimum Gasteiger partial charge on any atom is -0.268 e. The summed E-state index contributed by atoms with van der Waals surface area (Å²) >= 11 is 3.45. The number of aromatic nitrogens is 2. The second kappa shape index (κ2) is 10.4. The van der Waals surface area contributed by atoms with E-state index in [1.54, 1.807) is 37.3 Å². The van der Waals surface area contributed by atoms with Crippen molar-refractivity contribution in [2.45, 2.75) is 31.7 Å².